The van der Waals surface area contributed by atoms with Gasteiger partial charge < -0.3 is 10.6 Å². The van der Waals surface area contributed by atoms with Gasteiger partial charge in [-0.25, -0.2) is 5.48 Å². The van der Waals surface area contributed by atoms with Crippen molar-refractivity contribution in [3.8, 4) is 0 Å². The molecular formula is C18H17N3O4. The van der Waals surface area contributed by atoms with Crippen LogP contribution < -0.4 is 16.1 Å². The van der Waals surface area contributed by atoms with Gasteiger partial charge in [0, 0.05) is 24.1 Å². The summed E-state index contributed by atoms with van der Waals surface area (Å²) in [6.45, 7) is 1.35. The van der Waals surface area contributed by atoms with E-state index in [2.05, 4.69) is 10.6 Å². The number of anilines is 2. The van der Waals surface area contributed by atoms with E-state index >= 15 is 0 Å². The minimum absolute atomic E-state index is 0.298. The Morgan fingerprint density at radius 3 is 2.16 bits per heavy atom. The molecule has 3 amide bonds. The summed E-state index contributed by atoms with van der Waals surface area (Å²) in [7, 11) is 0. The van der Waals surface area contributed by atoms with Gasteiger partial charge >= 0.3 is 0 Å². The maximum absolute atomic E-state index is 12.4. The molecule has 0 radical (unpaired) electrons. The minimum Gasteiger partial charge on any atom is -0.326 e. The van der Waals surface area contributed by atoms with Gasteiger partial charge in [0.05, 0.1) is 11.4 Å². The molecule has 4 N–H and O–H groups in total. The molecule has 0 atom stereocenters. The molecule has 0 aliphatic heterocycles. The maximum atomic E-state index is 12.4. The highest BCUT2D eigenvalue weighted by atomic mass is 16.5. The highest BCUT2D eigenvalue weighted by Gasteiger charge is 2.11. The Hall–Kier alpha value is -3.45. The molecule has 0 aliphatic carbocycles. The number of hydroxylamine groups is 1. The Balaban J connectivity index is 2.38. The van der Waals surface area contributed by atoms with Crippen molar-refractivity contribution >= 4 is 35.2 Å². The summed E-state index contributed by atoms with van der Waals surface area (Å²) in [5.41, 5.74) is 3.19. The number of amides is 3. The number of carbonyl (C=O) groups excluding carboxylic acids is 3. The molecule has 2 aromatic rings. The van der Waals surface area contributed by atoms with Crippen molar-refractivity contribution in [3.05, 3.63) is 65.7 Å². The highest BCUT2D eigenvalue weighted by Crippen LogP contribution is 2.26. The van der Waals surface area contributed by atoms with Gasteiger partial charge in [0.2, 0.25) is 5.91 Å². The fourth-order valence-corrected chi connectivity index (χ4v) is 2.13. The van der Waals surface area contributed by atoms with Crippen molar-refractivity contribution in [2.75, 3.05) is 10.6 Å². The first kappa shape index (κ1) is 17.9. The van der Waals surface area contributed by atoms with E-state index in [9.17, 15) is 14.4 Å². The van der Waals surface area contributed by atoms with Crippen LogP contribution in [-0.4, -0.2) is 22.9 Å². The SMILES string of the molecule is CC(=O)Nc1cccc(NC(=O)c2ccccc2)c1/C=C/C(=O)NO. The van der Waals surface area contributed by atoms with Crippen LogP contribution in [-0.2, 0) is 9.59 Å². The monoisotopic (exact) mass is 339 g/mol. The van der Waals surface area contributed by atoms with Gasteiger partial charge in [-0.05, 0) is 30.3 Å². The Kier molecular flexibility index (Phi) is 6.02. The third kappa shape index (κ3) is 5.02. The maximum Gasteiger partial charge on any atom is 0.267 e. The summed E-state index contributed by atoms with van der Waals surface area (Å²) >= 11 is 0. The molecule has 7 heteroatoms. The largest absolute Gasteiger partial charge is 0.326 e. The van der Waals surface area contributed by atoms with Gasteiger partial charge in [-0.2, -0.15) is 0 Å². The molecule has 0 saturated carbocycles. The average Bonchev–Trinajstić information content (AvgIpc) is 2.61. The van der Waals surface area contributed by atoms with E-state index in [-0.39, 0.29) is 11.8 Å². The zero-order valence-electron chi connectivity index (χ0n) is 13.4. The van der Waals surface area contributed by atoms with Crippen LogP contribution in [0, 0.1) is 0 Å². The molecule has 2 aromatic carbocycles. The Bertz CT molecular complexity index is 816. The molecule has 0 aliphatic rings. The van der Waals surface area contributed by atoms with Gasteiger partial charge in [-0.1, -0.05) is 24.3 Å². The third-order valence-electron chi connectivity index (χ3n) is 3.21. The number of benzene rings is 2. The van der Waals surface area contributed by atoms with Gasteiger partial charge in [-0.3, -0.25) is 19.6 Å². The van der Waals surface area contributed by atoms with E-state index < -0.39 is 5.91 Å². The molecule has 0 unspecified atom stereocenters. The average molecular weight is 339 g/mol. The third-order valence-corrected chi connectivity index (χ3v) is 3.21. The first-order valence-corrected chi connectivity index (χ1v) is 7.40. The predicted octanol–water partition coefficient (Wildman–Crippen LogP) is 2.42. The van der Waals surface area contributed by atoms with Crippen LogP contribution in [0.25, 0.3) is 6.08 Å². The molecule has 25 heavy (non-hydrogen) atoms. The van der Waals surface area contributed by atoms with Crippen LogP contribution in [0.1, 0.15) is 22.8 Å². The first-order valence-electron chi connectivity index (χ1n) is 7.40. The zero-order chi connectivity index (χ0) is 18.2. The lowest BCUT2D eigenvalue weighted by Gasteiger charge is -2.13. The number of rotatable bonds is 5. The van der Waals surface area contributed by atoms with Crippen molar-refractivity contribution in [3.63, 3.8) is 0 Å². The van der Waals surface area contributed by atoms with Gasteiger partial charge in [0.25, 0.3) is 11.8 Å². The summed E-state index contributed by atoms with van der Waals surface area (Å²) in [5.74, 6) is -1.37. The van der Waals surface area contributed by atoms with Crippen LogP contribution in [0.4, 0.5) is 11.4 Å². The lowest BCUT2D eigenvalue weighted by atomic mass is 10.1. The predicted molar refractivity (Wildman–Crippen MR) is 94.1 cm³/mol. The fraction of sp³-hybridized carbons (Fsp3) is 0.0556. The molecule has 0 spiro atoms. The summed E-state index contributed by atoms with van der Waals surface area (Å²) in [4.78, 5) is 35.0. The molecule has 128 valence electrons. The van der Waals surface area contributed by atoms with Crippen molar-refractivity contribution in [1.82, 2.24) is 5.48 Å². The van der Waals surface area contributed by atoms with Gasteiger partial charge in [0.1, 0.15) is 0 Å². The fourth-order valence-electron chi connectivity index (χ4n) is 2.13. The molecule has 0 bridgehead atoms. The van der Waals surface area contributed by atoms with E-state index in [0.717, 1.165) is 6.08 Å². The lowest BCUT2D eigenvalue weighted by Crippen LogP contribution is -2.16. The van der Waals surface area contributed by atoms with E-state index in [1.807, 2.05) is 0 Å². The topological polar surface area (TPSA) is 108 Å². The van der Waals surface area contributed by atoms with Crippen LogP contribution in [0.3, 0.4) is 0 Å². The molecule has 0 aromatic heterocycles. The van der Waals surface area contributed by atoms with Crippen LogP contribution in [0.5, 0.6) is 0 Å². The standard InChI is InChI=1S/C18H17N3O4/c1-12(22)19-15-8-5-9-16(14(15)10-11-17(23)21-25)20-18(24)13-6-3-2-4-7-13/h2-11,25H,1H3,(H,19,22)(H,20,24)(H,21,23)/b11-10+. The van der Waals surface area contributed by atoms with Gasteiger partial charge in [0.15, 0.2) is 0 Å². The van der Waals surface area contributed by atoms with Crippen molar-refractivity contribution in [2.45, 2.75) is 6.92 Å². The molecule has 0 fully saturated rings. The number of hydrogen-bond donors (Lipinski definition) is 4. The van der Waals surface area contributed by atoms with Crippen molar-refractivity contribution in [2.24, 2.45) is 0 Å². The molecule has 2 rings (SSSR count). The van der Waals surface area contributed by atoms with Crippen LogP contribution in [0.2, 0.25) is 0 Å². The summed E-state index contributed by atoms with van der Waals surface area (Å²) < 4.78 is 0. The minimum atomic E-state index is -0.738. The Morgan fingerprint density at radius 1 is 0.920 bits per heavy atom. The smallest absolute Gasteiger partial charge is 0.267 e. The quantitative estimate of drug-likeness (QED) is 0.381. The van der Waals surface area contributed by atoms with Gasteiger partial charge in [-0.15, -0.1) is 0 Å². The molecular weight excluding hydrogens is 322 g/mol. The van der Waals surface area contributed by atoms with Crippen molar-refractivity contribution < 1.29 is 19.6 Å². The number of nitrogens with one attached hydrogen (secondary N) is 3. The first-order chi connectivity index (χ1) is 12.0. The van der Waals surface area contributed by atoms with Crippen LogP contribution >= 0.6 is 0 Å². The van der Waals surface area contributed by atoms with Crippen molar-refractivity contribution in [1.29, 1.82) is 0 Å². The second-order valence-corrected chi connectivity index (χ2v) is 5.08. The van der Waals surface area contributed by atoms with E-state index in [0.29, 0.717) is 22.5 Å². The summed E-state index contributed by atoms with van der Waals surface area (Å²) in [6, 6.07) is 13.6. The Labute approximate surface area is 144 Å². The van der Waals surface area contributed by atoms with Crippen LogP contribution in [0.15, 0.2) is 54.6 Å². The zero-order valence-corrected chi connectivity index (χ0v) is 13.4. The Morgan fingerprint density at radius 2 is 1.56 bits per heavy atom. The van der Waals surface area contributed by atoms with E-state index in [1.54, 1.807) is 48.5 Å². The second kappa shape index (κ2) is 8.42. The summed E-state index contributed by atoms with van der Waals surface area (Å²) in [6.07, 6.45) is 2.47. The lowest BCUT2D eigenvalue weighted by molar-refractivity contribution is -0.124. The highest BCUT2D eigenvalue weighted by molar-refractivity contribution is 6.07. The summed E-state index contributed by atoms with van der Waals surface area (Å²) in [5, 5.41) is 14.0. The normalized spacial score (nSPS) is 10.3. The molecule has 0 heterocycles. The van der Waals surface area contributed by atoms with E-state index in [1.165, 1.54) is 18.5 Å². The molecule has 7 nitrogen and oxygen atoms in total. The second-order valence-electron chi connectivity index (χ2n) is 5.08. The van der Waals surface area contributed by atoms with E-state index in [4.69, 9.17) is 5.21 Å². The number of carbonyl (C=O) groups is 3. The number of hydrogen-bond acceptors (Lipinski definition) is 4. The molecule has 0 saturated heterocycles.